The number of piperidine rings is 1. The SMILES string of the molecule is CC1CCN(Cc2ccccc2CN=C(N)Nc2ccc3c(c2)OCCCO3)CC1. The molecule has 2 aliphatic rings. The van der Waals surface area contributed by atoms with Gasteiger partial charge in [-0.2, -0.15) is 0 Å². The predicted molar refractivity (Wildman–Crippen MR) is 121 cm³/mol. The zero-order valence-electron chi connectivity index (χ0n) is 17.8. The Bertz CT molecular complexity index is 875. The Balaban J connectivity index is 1.38. The lowest BCUT2D eigenvalue weighted by Crippen LogP contribution is -2.32. The van der Waals surface area contributed by atoms with E-state index in [1.807, 2.05) is 18.2 Å². The highest BCUT2D eigenvalue weighted by molar-refractivity contribution is 5.92. The molecule has 0 amide bonds. The van der Waals surface area contributed by atoms with Crippen molar-refractivity contribution in [1.29, 1.82) is 0 Å². The number of likely N-dealkylation sites (tertiary alicyclic amines) is 1. The molecule has 0 spiro atoms. The number of guanidine groups is 1. The van der Waals surface area contributed by atoms with Crippen molar-refractivity contribution in [3.63, 3.8) is 0 Å². The van der Waals surface area contributed by atoms with E-state index in [0.29, 0.717) is 25.7 Å². The average molecular weight is 409 g/mol. The Morgan fingerprint density at radius 2 is 1.80 bits per heavy atom. The van der Waals surface area contributed by atoms with E-state index in [1.54, 1.807) is 0 Å². The zero-order chi connectivity index (χ0) is 20.8. The van der Waals surface area contributed by atoms with Crippen LogP contribution in [0, 0.1) is 5.92 Å². The molecule has 2 aromatic carbocycles. The van der Waals surface area contributed by atoms with Gasteiger partial charge in [-0.25, -0.2) is 4.99 Å². The van der Waals surface area contributed by atoms with Crippen LogP contribution in [-0.2, 0) is 13.1 Å². The number of nitrogens with two attached hydrogens (primary N) is 1. The molecule has 30 heavy (non-hydrogen) atoms. The fraction of sp³-hybridized carbons (Fsp3) is 0.458. The molecule has 2 heterocycles. The molecule has 6 nitrogen and oxygen atoms in total. The van der Waals surface area contributed by atoms with Crippen LogP contribution >= 0.6 is 0 Å². The lowest BCUT2D eigenvalue weighted by atomic mass is 9.98. The number of benzene rings is 2. The summed E-state index contributed by atoms with van der Waals surface area (Å²) in [5, 5.41) is 3.17. The second-order valence-corrected chi connectivity index (χ2v) is 8.27. The summed E-state index contributed by atoms with van der Waals surface area (Å²) in [6.45, 7) is 7.57. The van der Waals surface area contributed by atoms with E-state index in [4.69, 9.17) is 15.2 Å². The molecule has 160 valence electrons. The Morgan fingerprint density at radius 1 is 1.07 bits per heavy atom. The first kappa shape index (κ1) is 20.5. The fourth-order valence-electron chi connectivity index (χ4n) is 3.93. The van der Waals surface area contributed by atoms with Crippen molar-refractivity contribution < 1.29 is 9.47 Å². The van der Waals surface area contributed by atoms with E-state index in [-0.39, 0.29) is 0 Å². The molecule has 1 saturated heterocycles. The molecule has 1 fully saturated rings. The van der Waals surface area contributed by atoms with Crippen LogP contribution in [0.1, 0.15) is 37.3 Å². The Hall–Kier alpha value is -2.73. The molecule has 0 radical (unpaired) electrons. The van der Waals surface area contributed by atoms with Crippen molar-refractivity contribution in [3.8, 4) is 11.5 Å². The molecule has 3 N–H and O–H groups in total. The minimum Gasteiger partial charge on any atom is -0.490 e. The van der Waals surface area contributed by atoms with Crippen LogP contribution in [0.2, 0.25) is 0 Å². The monoisotopic (exact) mass is 408 g/mol. The number of nitrogens with one attached hydrogen (secondary N) is 1. The normalized spacial score (nSPS) is 18.1. The van der Waals surface area contributed by atoms with Gasteiger partial charge in [-0.3, -0.25) is 4.90 Å². The maximum absolute atomic E-state index is 6.17. The Morgan fingerprint density at radius 3 is 2.60 bits per heavy atom. The first-order valence-corrected chi connectivity index (χ1v) is 10.9. The molecule has 4 rings (SSSR count). The van der Waals surface area contributed by atoms with E-state index in [9.17, 15) is 0 Å². The van der Waals surface area contributed by atoms with Gasteiger partial charge in [-0.15, -0.1) is 0 Å². The van der Waals surface area contributed by atoms with Gasteiger partial charge in [0.2, 0.25) is 0 Å². The summed E-state index contributed by atoms with van der Waals surface area (Å²) in [6.07, 6.45) is 3.45. The summed E-state index contributed by atoms with van der Waals surface area (Å²) in [5.74, 6) is 2.75. The van der Waals surface area contributed by atoms with Crippen LogP contribution in [0.15, 0.2) is 47.5 Å². The van der Waals surface area contributed by atoms with Crippen molar-refractivity contribution in [1.82, 2.24) is 4.90 Å². The van der Waals surface area contributed by atoms with Crippen molar-refractivity contribution >= 4 is 11.6 Å². The lowest BCUT2D eigenvalue weighted by Gasteiger charge is -2.30. The number of rotatable bonds is 5. The first-order chi connectivity index (χ1) is 14.7. The molecule has 2 aliphatic heterocycles. The van der Waals surface area contributed by atoms with Crippen LogP contribution in [-0.4, -0.2) is 37.2 Å². The summed E-state index contributed by atoms with van der Waals surface area (Å²) < 4.78 is 11.4. The number of hydrogen-bond acceptors (Lipinski definition) is 4. The van der Waals surface area contributed by atoms with Gasteiger partial charge in [0.05, 0.1) is 19.8 Å². The largest absolute Gasteiger partial charge is 0.490 e. The lowest BCUT2D eigenvalue weighted by molar-refractivity contribution is 0.185. The number of fused-ring (bicyclic) bond motifs is 1. The van der Waals surface area contributed by atoms with Gasteiger partial charge in [-0.05, 0) is 55.1 Å². The van der Waals surface area contributed by atoms with Crippen molar-refractivity contribution in [2.75, 3.05) is 31.6 Å². The van der Waals surface area contributed by atoms with Crippen LogP contribution in [0.3, 0.4) is 0 Å². The number of anilines is 1. The van der Waals surface area contributed by atoms with Gasteiger partial charge < -0.3 is 20.5 Å². The maximum Gasteiger partial charge on any atom is 0.193 e. The second kappa shape index (κ2) is 9.85. The van der Waals surface area contributed by atoms with Crippen LogP contribution in [0.5, 0.6) is 11.5 Å². The van der Waals surface area contributed by atoms with Crippen LogP contribution in [0.25, 0.3) is 0 Å². The molecule has 0 atom stereocenters. The van der Waals surface area contributed by atoms with Gasteiger partial charge in [0.1, 0.15) is 0 Å². The predicted octanol–water partition coefficient (Wildman–Crippen LogP) is 4.01. The van der Waals surface area contributed by atoms with E-state index in [0.717, 1.165) is 36.1 Å². The Labute approximate surface area is 179 Å². The number of ether oxygens (including phenoxy) is 2. The van der Waals surface area contributed by atoms with E-state index < -0.39 is 0 Å². The molecule has 0 aliphatic carbocycles. The second-order valence-electron chi connectivity index (χ2n) is 8.27. The smallest absolute Gasteiger partial charge is 0.193 e. The highest BCUT2D eigenvalue weighted by Gasteiger charge is 2.16. The van der Waals surface area contributed by atoms with Crippen LogP contribution in [0.4, 0.5) is 5.69 Å². The minimum atomic E-state index is 0.395. The van der Waals surface area contributed by atoms with Crippen molar-refractivity contribution in [2.24, 2.45) is 16.6 Å². The highest BCUT2D eigenvalue weighted by Crippen LogP contribution is 2.32. The molecule has 0 unspecified atom stereocenters. The minimum absolute atomic E-state index is 0.395. The number of aliphatic imine (C=N–C) groups is 1. The van der Waals surface area contributed by atoms with E-state index in [1.165, 1.54) is 37.1 Å². The zero-order valence-corrected chi connectivity index (χ0v) is 17.8. The summed E-state index contributed by atoms with van der Waals surface area (Å²) in [4.78, 5) is 7.12. The standard InChI is InChI=1S/C24H32N4O2/c1-18-9-11-28(12-10-18)17-20-6-3-2-5-19(20)16-26-24(25)27-21-7-8-22-23(15-21)30-14-4-13-29-22/h2-3,5-8,15,18H,4,9-14,16-17H2,1H3,(H3,25,26,27). The maximum atomic E-state index is 6.17. The van der Waals surface area contributed by atoms with E-state index >= 15 is 0 Å². The summed E-state index contributed by atoms with van der Waals surface area (Å²) in [7, 11) is 0. The van der Waals surface area contributed by atoms with Crippen molar-refractivity contribution in [3.05, 3.63) is 53.6 Å². The summed E-state index contributed by atoms with van der Waals surface area (Å²) in [6, 6.07) is 14.3. The van der Waals surface area contributed by atoms with Crippen molar-refractivity contribution in [2.45, 2.75) is 39.3 Å². The fourth-order valence-corrected chi connectivity index (χ4v) is 3.93. The molecular formula is C24H32N4O2. The van der Waals surface area contributed by atoms with Gasteiger partial charge in [0, 0.05) is 24.7 Å². The molecular weight excluding hydrogens is 376 g/mol. The number of hydrogen-bond donors (Lipinski definition) is 2. The van der Waals surface area contributed by atoms with Crippen LogP contribution < -0.4 is 20.5 Å². The summed E-state index contributed by atoms with van der Waals surface area (Å²) >= 11 is 0. The van der Waals surface area contributed by atoms with Gasteiger partial charge >= 0.3 is 0 Å². The van der Waals surface area contributed by atoms with Gasteiger partial charge in [0.25, 0.3) is 0 Å². The van der Waals surface area contributed by atoms with E-state index in [2.05, 4.69) is 46.4 Å². The third-order valence-electron chi connectivity index (χ3n) is 5.83. The third-order valence-corrected chi connectivity index (χ3v) is 5.83. The number of nitrogens with zero attached hydrogens (tertiary/aromatic N) is 2. The summed E-state index contributed by atoms with van der Waals surface area (Å²) in [5.41, 5.74) is 9.56. The highest BCUT2D eigenvalue weighted by atomic mass is 16.5. The topological polar surface area (TPSA) is 72.1 Å². The average Bonchev–Trinajstić information content (AvgIpc) is 3.00. The molecule has 6 heteroatoms. The molecule has 2 aromatic rings. The first-order valence-electron chi connectivity index (χ1n) is 10.9. The van der Waals surface area contributed by atoms with Gasteiger partial charge in [-0.1, -0.05) is 31.2 Å². The quantitative estimate of drug-likeness (QED) is 0.578. The Kier molecular flexibility index (Phi) is 6.74. The van der Waals surface area contributed by atoms with Gasteiger partial charge in [0.15, 0.2) is 17.5 Å². The third kappa shape index (κ3) is 5.45. The molecule has 0 bridgehead atoms. The molecule has 0 aromatic heterocycles. The molecule has 0 saturated carbocycles.